The molecule has 104 valence electrons. The lowest BCUT2D eigenvalue weighted by atomic mass is 10.1. The summed E-state index contributed by atoms with van der Waals surface area (Å²) in [6.07, 6.45) is 1.93. The minimum absolute atomic E-state index is 0.198. The molecule has 1 heterocycles. The van der Waals surface area contributed by atoms with E-state index in [0.29, 0.717) is 17.7 Å². The zero-order valence-electron chi connectivity index (χ0n) is 11.1. The van der Waals surface area contributed by atoms with Gasteiger partial charge in [0.25, 0.3) is 0 Å². The van der Waals surface area contributed by atoms with Gasteiger partial charge in [0.15, 0.2) is 5.69 Å². The first-order valence-corrected chi connectivity index (χ1v) is 6.51. The number of nitrogens with zero attached hydrogens (tertiary/aromatic N) is 1. The Balaban J connectivity index is 1.97. The van der Waals surface area contributed by atoms with E-state index >= 15 is 0 Å². The van der Waals surface area contributed by atoms with Crippen LogP contribution in [0.2, 0.25) is 0 Å². The first-order valence-electron chi connectivity index (χ1n) is 6.51. The molecule has 0 aliphatic rings. The predicted octanol–water partition coefficient (Wildman–Crippen LogP) is 3.43. The van der Waals surface area contributed by atoms with Gasteiger partial charge in [-0.15, -0.1) is 0 Å². The van der Waals surface area contributed by atoms with Gasteiger partial charge in [0.1, 0.15) is 12.1 Å². The van der Waals surface area contributed by atoms with E-state index in [-0.39, 0.29) is 11.5 Å². The number of hydrogen-bond acceptors (Lipinski definition) is 3. The molecule has 0 spiro atoms. The standard InChI is InChI=1S/C17H12FNO2/c18-14-8-6-13(7-9-14)16-17(20)21-11-15(19-16)10-12-4-2-1-3-5-12/h1-9,11H,10H2. The average molecular weight is 281 g/mol. The molecular weight excluding hydrogens is 269 g/mol. The second-order valence-corrected chi connectivity index (χ2v) is 4.64. The van der Waals surface area contributed by atoms with Gasteiger partial charge in [-0.1, -0.05) is 30.3 Å². The van der Waals surface area contributed by atoms with Crippen LogP contribution in [0.15, 0.2) is 70.1 Å². The summed E-state index contributed by atoms with van der Waals surface area (Å²) < 4.78 is 18.0. The Bertz CT molecular complexity index is 795. The molecule has 3 aromatic rings. The van der Waals surface area contributed by atoms with Crippen LogP contribution in [0.25, 0.3) is 11.3 Å². The average Bonchev–Trinajstić information content (AvgIpc) is 2.51. The molecule has 0 atom stereocenters. The molecule has 0 radical (unpaired) electrons. The predicted molar refractivity (Wildman–Crippen MR) is 77.4 cm³/mol. The third-order valence-corrected chi connectivity index (χ3v) is 3.10. The van der Waals surface area contributed by atoms with E-state index in [0.717, 1.165) is 5.56 Å². The van der Waals surface area contributed by atoms with Crippen molar-refractivity contribution < 1.29 is 8.81 Å². The highest BCUT2D eigenvalue weighted by atomic mass is 19.1. The molecule has 0 bridgehead atoms. The highest BCUT2D eigenvalue weighted by Gasteiger charge is 2.09. The molecule has 0 unspecified atom stereocenters. The largest absolute Gasteiger partial charge is 0.428 e. The molecular formula is C17H12FNO2. The summed E-state index contributed by atoms with van der Waals surface area (Å²) in [5, 5.41) is 0. The third kappa shape index (κ3) is 3.05. The van der Waals surface area contributed by atoms with Gasteiger partial charge >= 0.3 is 5.63 Å². The summed E-state index contributed by atoms with van der Waals surface area (Å²) in [5.41, 5.74) is 1.94. The smallest absolute Gasteiger partial charge is 0.362 e. The van der Waals surface area contributed by atoms with Crippen molar-refractivity contribution in [1.29, 1.82) is 0 Å². The molecule has 0 amide bonds. The first kappa shape index (κ1) is 13.2. The number of aromatic nitrogens is 1. The molecule has 21 heavy (non-hydrogen) atoms. The van der Waals surface area contributed by atoms with Crippen molar-refractivity contribution in [3.63, 3.8) is 0 Å². The molecule has 1 aromatic heterocycles. The Morgan fingerprint density at radius 2 is 1.71 bits per heavy atom. The topological polar surface area (TPSA) is 43.1 Å². The fourth-order valence-corrected chi connectivity index (χ4v) is 2.07. The maximum Gasteiger partial charge on any atom is 0.362 e. The summed E-state index contributed by atoms with van der Waals surface area (Å²) in [5.74, 6) is -0.358. The molecule has 0 fully saturated rings. The Morgan fingerprint density at radius 1 is 1.00 bits per heavy atom. The maximum absolute atomic E-state index is 12.9. The highest BCUT2D eigenvalue weighted by molar-refractivity contribution is 5.57. The van der Waals surface area contributed by atoms with E-state index in [1.54, 1.807) is 0 Å². The third-order valence-electron chi connectivity index (χ3n) is 3.10. The molecule has 3 nitrogen and oxygen atoms in total. The first-order chi connectivity index (χ1) is 10.2. The van der Waals surface area contributed by atoms with E-state index in [9.17, 15) is 9.18 Å². The molecule has 4 heteroatoms. The fraction of sp³-hybridized carbons (Fsp3) is 0.0588. The molecule has 0 N–H and O–H groups in total. The van der Waals surface area contributed by atoms with Crippen molar-refractivity contribution in [3.8, 4) is 11.3 Å². The Morgan fingerprint density at radius 3 is 2.43 bits per heavy atom. The summed E-state index contributed by atoms with van der Waals surface area (Å²) >= 11 is 0. The highest BCUT2D eigenvalue weighted by Crippen LogP contribution is 2.15. The van der Waals surface area contributed by atoms with Gasteiger partial charge < -0.3 is 4.42 Å². The van der Waals surface area contributed by atoms with Gasteiger partial charge in [-0.2, -0.15) is 0 Å². The van der Waals surface area contributed by atoms with Crippen LogP contribution in [0.4, 0.5) is 4.39 Å². The van der Waals surface area contributed by atoms with Crippen molar-refractivity contribution in [3.05, 3.63) is 88.4 Å². The van der Waals surface area contributed by atoms with E-state index in [1.807, 2.05) is 30.3 Å². The van der Waals surface area contributed by atoms with Gasteiger partial charge in [0.05, 0.1) is 5.69 Å². The monoisotopic (exact) mass is 281 g/mol. The van der Waals surface area contributed by atoms with Crippen molar-refractivity contribution in [1.82, 2.24) is 4.98 Å². The molecule has 2 aromatic carbocycles. The van der Waals surface area contributed by atoms with Gasteiger partial charge in [0.2, 0.25) is 0 Å². The number of rotatable bonds is 3. The molecule has 3 rings (SSSR count). The van der Waals surface area contributed by atoms with Crippen LogP contribution in [-0.2, 0) is 6.42 Å². The van der Waals surface area contributed by atoms with Crippen molar-refractivity contribution in [2.75, 3.05) is 0 Å². The SMILES string of the molecule is O=c1occ(Cc2ccccc2)nc1-c1ccc(F)cc1. The lowest BCUT2D eigenvalue weighted by Crippen LogP contribution is -2.08. The number of halogens is 1. The van der Waals surface area contributed by atoms with Crippen LogP contribution in [-0.4, -0.2) is 4.98 Å². The van der Waals surface area contributed by atoms with Gasteiger partial charge in [0, 0.05) is 12.0 Å². The summed E-state index contributed by atoms with van der Waals surface area (Å²) in [6, 6.07) is 15.4. The van der Waals surface area contributed by atoms with Crippen molar-refractivity contribution in [2.24, 2.45) is 0 Å². The van der Waals surface area contributed by atoms with Crippen LogP contribution in [0.1, 0.15) is 11.3 Å². The quantitative estimate of drug-likeness (QED) is 0.738. The minimum Gasteiger partial charge on any atom is -0.428 e. The molecule has 0 aliphatic carbocycles. The Kier molecular flexibility index (Phi) is 3.60. The normalized spacial score (nSPS) is 10.5. The molecule has 0 saturated carbocycles. The number of benzene rings is 2. The molecule has 0 saturated heterocycles. The van der Waals surface area contributed by atoms with E-state index in [2.05, 4.69) is 4.98 Å². The second kappa shape index (κ2) is 5.71. The van der Waals surface area contributed by atoms with Gasteiger partial charge in [-0.05, 0) is 29.8 Å². The maximum atomic E-state index is 12.9. The summed E-state index contributed by atoms with van der Waals surface area (Å²) in [7, 11) is 0. The van der Waals surface area contributed by atoms with E-state index in [4.69, 9.17) is 4.42 Å². The fourth-order valence-electron chi connectivity index (χ4n) is 2.07. The van der Waals surface area contributed by atoms with Crippen molar-refractivity contribution >= 4 is 0 Å². The van der Waals surface area contributed by atoms with Gasteiger partial charge in [-0.3, -0.25) is 0 Å². The van der Waals surface area contributed by atoms with Crippen LogP contribution in [0, 0.1) is 5.82 Å². The van der Waals surface area contributed by atoms with Gasteiger partial charge in [-0.25, -0.2) is 14.2 Å². The zero-order valence-corrected chi connectivity index (χ0v) is 11.1. The lowest BCUT2D eigenvalue weighted by Gasteiger charge is -2.03. The summed E-state index contributed by atoms with van der Waals surface area (Å²) in [4.78, 5) is 16.1. The number of hydrogen-bond donors (Lipinski definition) is 0. The Hall–Kier alpha value is -2.75. The van der Waals surface area contributed by atoms with Crippen LogP contribution in [0.3, 0.4) is 0 Å². The van der Waals surface area contributed by atoms with Crippen LogP contribution < -0.4 is 5.63 Å². The molecule has 0 aliphatic heterocycles. The minimum atomic E-state index is -0.529. The van der Waals surface area contributed by atoms with Crippen LogP contribution >= 0.6 is 0 Å². The summed E-state index contributed by atoms with van der Waals surface area (Å²) in [6.45, 7) is 0. The van der Waals surface area contributed by atoms with Crippen LogP contribution in [0.5, 0.6) is 0 Å². The Labute approximate surface area is 120 Å². The van der Waals surface area contributed by atoms with E-state index in [1.165, 1.54) is 30.5 Å². The second-order valence-electron chi connectivity index (χ2n) is 4.64. The van der Waals surface area contributed by atoms with Crippen molar-refractivity contribution in [2.45, 2.75) is 6.42 Å². The van der Waals surface area contributed by atoms with E-state index < -0.39 is 5.63 Å². The zero-order chi connectivity index (χ0) is 14.7. The lowest BCUT2D eigenvalue weighted by molar-refractivity contribution is 0.498.